The number of rotatable bonds is 10. The second kappa shape index (κ2) is 10.8. The second-order valence-corrected chi connectivity index (χ2v) is 10.6. The number of benzene rings is 2. The van der Waals surface area contributed by atoms with Gasteiger partial charge in [-0.15, -0.1) is 10.2 Å². The van der Waals surface area contributed by atoms with Crippen LogP contribution in [0.4, 0.5) is 0 Å². The molecule has 1 aromatic heterocycles. The van der Waals surface area contributed by atoms with E-state index in [0.717, 1.165) is 5.56 Å². The summed E-state index contributed by atoms with van der Waals surface area (Å²) in [5.41, 5.74) is 1.72. The van der Waals surface area contributed by atoms with Gasteiger partial charge in [0.25, 0.3) is 0 Å². The summed E-state index contributed by atoms with van der Waals surface area (Å²) < 4.78 is 39.0. The van der Waals surface area contributed by atoms with Crippen LogP contribution in [0.25, 0.3) is 11.4 Å². The van der Waals surface area contributed by atoms with Gasteiger partial charge in [0.05, 0.1) is 11.4 Å². The smallest absolute Gasteiger partial charge is 0.242 e. The molecule has 3 aromatic rings. The van der Waals surface area contributed by atoms with Crippen molar-refractivity contribution in [2.45, 2.75) is 28.6 Å². The molecule has 0 radical (unpaired) electrons. The van der Waals surface area contributed by atoms with Crippen molar-refractivity contribution < 1.29 is 17.9 Å². The molecule has 0 spiro atoms. The highest BCUT2D eigenvalue weighted by Gasteiger charge is 2.22. The highest BCUT2D eigenvalue weighted by molar-refractivity contribution is 7.98. The number of sulfonamides is 1. The van der Waals surface area contributed by atoms with E-state index in [-0.39, 0.29) is 4.90 Å². The first-order valence-electron chi connectivity index (χ1n) is 9.65. The van der Waals surface area contributed by atoms with Crippen LogP contribution >= 0.6 is 23.4 Å². The van der Waals surface area contributed by atoms with E-state index in [2.05, 4.69) is 10.2 Å². The molecule has 8 nitrogen and oxygen atoms in total. The molecule has 11 heteroatoms. The number of ether oxygens (including phenoxy) is 2. The van der Waals surface area contributed by atoms with E-state index in [1.54, 1.807) is 38.5 Å². The van der Waals surface area contributed by atoms with Gasteiger partial charge in [-0.3, -0.25) is 4.57 Å². The lowest BCUT2D eigenvalue weighted by Crippen LogP contribution is -2.22. The molecule has 172 valence electrons. The Morgan fingerprint density at radius 2 is 1.78 bits per heavy atom. The summed E-state index contributed by atoms with van der Waals surface area (Å²) in [4.78, 5) is 0.181. The fourth-order valence-electron chi connectivity index (χ4n) is 2.90. The zero-order valence-electron chi connectivity index (χ0n) is 18.2. The van der Waals surface area contributed by atoms with Crippen LogP contribution in [0, 0.1) is 0 Å². The van der Waals surface area contributed by atoms with E-state index in [1.165, 1.54) is 30.2 Å². The predicted octanol–water partition coefficient (Wildman–Crippen LogP) is 3.76. The largest absolute Gasteiger partial charge is 0.354 e. The standard InChI is InChI=1S/C21H25ClN4O4S2/c1-25(2)32(27,28)18-7-5-6-16(12-18)20-23-24-21(26(20)13-19(29-3)30-4)31-14-15-8-10-17(22)11-9-15/h5-12,19H,13-14H2,1-4H3. The van der Waals surface area contributed by atoms with Crippen molar-refractivity contribution in [1.29, 1.82) is 0 Å². The molecular formula is C21H25ClN4O4S2. The SMILES string of the molecule is COC(Cn1c(SCc2ccc(Cl)cc2)nnc1-c1cccc(S(=O)(=O)N(C)C)c1)OC. The quantitative estimate of drug-likeness (QED) is 0.312. The number of hydrogen-bond acceptors (Lipinski definition) is 7. The van der Waals surface area contributed by atoms with Crippen molar-refractivity contribution in [3.63, 3.8) is 0 Å². The molecule has 0 saturated carbocycles. The molecular weight excluding hydrogens is 472 g/mol. The maximum absolute atomic E-state index is 12.6. The molecule has 32 heavy (non-hydrogen) atoms. The molecule has 0 aliphatic rings. The van der Waals surface area contributed by atoms with Crippen molar-refractivity contribution in [2.24, 2.45) is 0 Å². The Morgan fingerprint density at radius 1 is 1.09 bits per heavy atom. The van der Waals surface area contributed by atoms with E-state index in [4.69, 9.17) is 21.1 Å². The van der Waals surface area contributed by atoms with Gasteiger partial charge in [-0.25, -0.2) is 12.7 Å². The van der Waals surface area contributed by atoms with E-state index in [9.17, 15) is 8.42 Å². The maximum atomic E-state index is 12.6. The van der Waals surface area contributed by atoms with Gasteiger partial charge in [0, 0.05) is 44.7 Å². The van der Waals surface area contributed by atoms with Gasteiger partial charge in [0.2, 0.25) is 10.0 Å². The summed E-state index contributed by atoms with van der Waals surface area (Å²) in [5.74, 6) is 1.19. The molecule has 0 amide bonds. The molecule has 0 fully saturated rings. The number of thioether (sulfide) groups is 1. The van der Waals surface area contributed by atoms with Crippen molar-refractivity contribution in [3.8, 4) is 11.4 Å². The highest BCUT2D eigenvalue weighted by atomic mass is 35.5. The Morgan fingerprint density at radius 3 is 2.41 bits per heavy atom. The topological polar surface area (TPSA) is 86.5 Å². The van der Waals surface area contributed by atoms with Gasteiger partial charge < -0.3 is 9.47 Å². The Balaban J connectivity index is 1.97. The zero-order valence-corrected chi connectivity index (χ0v) is 20.6. The Labute approximate surface area is 197 Å². The van der Waals surface area contributed by atoms with Gasteiger partial charge in [-0.05, 0) is 29.8 Å². The van der Waals surface area contributed by atoms with Crippen molar-refractivity contribution in [3.05, 3.63) is 59.1 Å². The highest BCUT2D eigenvalue weighted by Crippen LogP contribution is 2.29. The molecule has 2 aromatic carbocycles. The first-order chi connectivity index (χ1) is 15.3. The Bertz CT molecular complexity index is 1150. The van der Waals surface area contributed by atoms with Gasteiger partial charge in [0.1, 0.15) is 0 Å². The number of nitrogens with zero attached hydrogens (tertiary/aromatic N) is 4. The molecule has 0 saturated heterocycles. The van der Waals surface area contributed by atoms with E-state index < -0.39 is 16.3 Å². The lowest BCUT2D eigenvalue weighted by Gasteiger charge is -2.17. The van der Waals surface area contributed by atoms with E-state index in [1.807, 2.05) is 28.8 Å². The summed E-state index contributed by atoms with van der Waals surface area (Å²) in [5, 5.41) is 10.0. The van der Waals surface area contributed by atoms with Crippen molar-refractivity contribution >= 4 is 33.4 Å². The van der Waals surface area contributed by atoms with Crippen LogP contribution in [0.2, 0.25) is 5.02 Å². The van der Waals surface area contributed by atoms with Gasteiger partial charge in [-0.1, -0.05) is 47.6 Å². The molecule has 0 unspecified atom stereocenters. The molecule has 0 bridgehead atoms. The number of methoxy groups -OCH3 is 2. The summed E-state index contributed by atoms with van der Waals surface area (Å²) in [7, 11) is 2.53. The molecule has 0 aliphatic carbocycles. The average Bonchev–Trinajstić information content (AvgIpc) is 3.19. The van der Waals surface area contributed by atoms with E-state index >= 15 is 0 Å². The third kappa shape index (κ3) is 5.69. The fraction of sp³-hybridized carbons (Fsp3) is 0.333. The Kier molecular flexibility index (Phi) is 8.32. The number of hydrogen-bond donors (Lipinski definition) is 0. The van der Waals surface area contributed by atoms with Crippen LogP contribution in [-0.4, -0.2) is 62.1 Å². The molecule has 3 rings (SSSR count). The summed E-state index contributed by atoms with van der Waals surface area (Å²) in [6.07, 6.45) is -0.520. The normalized spacial score (nSPS) is 12.1. The van der Waals surface area contributed by atoms with Gasteiger partial charge in [0.15, 0.2) is 17.3 Å². The monoisotopic (exact) mass is 496 g/mol. The number of halogens is 1. The molecule has 0 aliphatic heterocycles. The van der Waals surface area contributed by atoms with Crippen molar-refractivity contribution in [2.75, 3.05) is 28.3 Å². The predicted molar refractivity (Wildman–Crippen MR) is 125 cm³/mol. The van der Waals surface area contributed by atoms with Gasteiger partial charge >= 0.3 is 0 Å². The van der Waals surface area contributed by atoms with Crippen LogP contribution < -0.4 is 0 Å². The lowest BCUT2D eigenvalue weighted by atomic mass is 10.2. The minimum atomic E-state index is -3.59. The molecule has 0 N–H and O–H groups in total. The fourth-order valence-corrected chi connectivity index (χ4v) is 4.88. The maximum Gasteiger partial charge on any atom is 0.242 e. The Hall–Kier alpha value is -1.95. The summed E-state index contributed by atoms with van der Waals surface area (Å²) in [6.45, 7) is 0.336. The second-order valence-electron chi connectivity index (χ2n) is 7.05. The van der Waals surface area contributed by atoms with E-state index in [0.29, 0.717) is 33.9 Å². The van der Waals surface area contributed by atoms with Crippen LogP contribution in [0.3, 0.4) is 0 Å². The minimum absolute atomic E-state index is 0.181. The van der Waals surface area contributed by atoms with Crippen LogP contribution in [0.5, 0.6) is 0 Å². The molecule has 1 heterocycles. The first-order valence-corrected chi connectivity index (χ1v) is 12.5. The van der Waals surface area contributed by atoms with Gasteiger partial charge in [-0.2, -0.15) is 0 Å². The van der Waals surface area contributed by atoms with Crippen molar-refractivity contribution in [1.82, 2.24) is 19.1 Å². The summed E-state index contributed by atoms with van der Waals surface area (Å²) >= 11 is 7.48. The van der Waals surface area contributed by atoms with Crippen LogP contribution in [0.1, 0.15) is 5.56 Å². The number of aromatic nitrogens is 3. The lowest BCUT2D eigenvalue weighted by molar-refractivity contribution is -0.111. The van der Waals surface area contributed by atoms with Crippen LogP contribution in [0.15, 0.2) is 58.6 Å². The third-order valence-electron chi connectivity index (χ3n) is 4.73. The first kappa shape index (κ1) is 24.7. The zero-order chi connectivity index (χ0) is 23.3. The van der Waals surface area contributed by atoms with Crippen LogP contribution in [-0.2, 0) is 31.8 Å². The minimum Gasteiger partial charge on any atom is -0.354 e. The third-order valence-corrected chi connectivity index (χ3v) is 7.83. The molecule has 0 atom stereocenters. The average molecular weight is 497 g/mol. The summed E-state index contributed by atoms with van der Waals surface area (Å²) in [6, 6.07) is 14.2.